The van der Waals surface area contributed by atoms with Crippen LogP contribution in [0.1, 0.15) is 36.9 Å². The molecule has 5 nitrogen and oxygen atoms in total. The van der Waals surface area contributed by atoms with E-state index in [-0.39, 0.29) is 12.0 Å². The first-order chi connectivity index (χ1) is 11.7. The van der Waals surface area contributed by atoms with Gasteiger partial charge in [-0.25, -0.2) is 4.98 Å². The molecule has 1 aromatic heterocycles. The van der Waals surface area contributed by atoms with Crippen LogP contribution in [-0.4, -0.2) is 52.9 Å². The van der Waals surface area contributed by atoms with Crippen molar-refractivity contribution in [3.05, 3.63) is 16.1 Å². The van der Waals surface area contributed by atoms with Gasteiger partial charge < -0.3 is 10.6 Å². The van der Waals surface area contributed by atoms with E-state index >= 15 is 0 Å². The van der Waals surface area contributed by atoms with Crippen molar-refractivity contribution in [2.45, 2.75) is 45.2 Å². The topological polar surface area (TPSA) is 62.5 Å². The normalized spacial score (nSPS) is 33.3. The first-order valence-corrected chi connectivity index (χ1v) is 10.2. The molecule has 2 N–H and O–H groups in total. The Kier molecular flexibility index (Phi) is 4.62. The number of thiazole rings is 1. The number of aryl methyl sites for hydroxylation is 1. The third-order valence-corrected chi connectivity index (χ3v) is 7.28. The number of rotatable bonds is 4. The maximum atomic E-state index is 12.9. The molecular formula is C18H28N4OS. The molecule has 24 heavy (non-hydrogen) atoms. The molecule has 2 heterocycles. The molecule has 1 aliphatic heterocycles. The van der Waals surface area contributed by atoms with Crippen LogP contribution in [-0.2, 0) is 17.8 Å². The van der Waals surface area contributed by atoms with Gasteiger partial charge in [-0.05, 0) is 37.5 Å². The SMILES string of the molecule is CCc1nc(CN2CCN(C(=O)C3C4CCC(C4)C3N)CC2)cs1. The van der Waals surface area contributed by atoms with Gasteiger partial charge in [0.15, 0.2) is 0 Å². The van der Waals surface area contributed by atoms with Crippen LogP contribution >= 0.6 is 11.3 Å². The molecule has 2 bridgehead atoms. The van der Waals surface area contributed by atoms with Crippen molar-refractivity contribution in [3.8, 4) is 0 Å². The zero-order valence-electron chi connectivity index (χ0n) is 14.5. The van der Waals surface area contributed by atoms with E-state index in [4.69, 9.17) is 5.73 Å². The summed E-state index contributed by atoms with van der Waals surface area (Å²) in [6.07, 6.45) is 4.63. The average molecular weight is 349 g/mol. The summed E-state index contributed by atoms with van der Waals surface area (Å²) in [4.78, 5) is 22.1. The van der Waals surface area contributed by atoms with E-state index in [1.807, 2.05) is 0 Å². The lowest BCUT2D eigenvalue weighted by molar-refractivity contribution is -0.139. The van der Waals surface area contributed by atoms with Gasteiger partial charge in [-0.3, -0.25) is 9.69 Å². The summed E-state index contributed by atoms with van der Waals surface area (Å²) in [5, 5.41) is 3.38. The number of carbonyl (C=O) groups is 1. The Balaban J connectivity index is 1.30. The lowest BCUT2D eigenvalue weighted by atomic mass is 9.84. The highest BCUT2D eigenvalue weighted by molar-refractivity contribution is 7.09. The molecule has 2 saturated carbocycles. The van der Waals surface area contributed by atoms with E-state index in [0.717, 1.165) is 39.1 Å². The molecule has 132 valence electrons. The van der Waals surface area contributed by atoms with Crippen LogP contribution in [0.2, 0.25) is 0 Å². The maximum Gasteiger partial charge on any atom is 0.227 e. The van der Waals surface area contributed by atoms with E-state index in [0.29, 0.717) is 17.7 Å². The fourth-order valence-electron chi connectivity index (χ4n) is 4.85. The monoisotopic (exact) mass is 348 g/mol. The standard InChI is InChI=1S/C18H28N4OS/c1-2-15-20-14(11-24-15)10-21-5-7-22(8-6-21)18(23)16-12-3-4-13(9-12)17(16)19/h11-13,16-17H,2-10,19H2,1H3. The van der Waals surface area contributed by atoms with Gasteiger partial charge in [-0.2, -0.15) is 0 Å². The number of nitrogens with zero attached hydrogens (tertiary/aromatic N) is 3. The van der Waals surface area contributed by atoms with Gasteiger partial charge in [0.25, 0.3) is 0 Å². The zero-order chi connectivity index (χ0) is 16.7. The minimum absolute atomic E-state index is 0.0981. The number of carbonyl (C=O) groups excluding carboxylic acids is 1. The first kappa shape index (κ1) is 16.5. The summed E-state index contributed by atoms with van der Waals surface area (Å²) >= 11 is 1.75. The van der Waals surface area contributed by atoms with E-state index in [1.165, 1.54) is 30.0 Å². The summed E-state index contributed by atoms with van der Waals surface area (Å²) < 4.78 is 0. The van der Waals surface area contributed by atoms with Gasteiger partial charge >= 0.3 is 0 Å². The Labute approximate surface area is 148 Å². The first-order valence-electron chi connectivity index (χ1n) is 9.35. The molecule has 3 fully saturated rings. The molecule has 1 amide bonds. The van der Waals surface area contributed by atoms with Crippen LogP contribution in [0.15, 0.2) is 5.38 Å². The van der Waals surface area contributed by atoms with Gasteiger partial charge in [0.05, 0.1) is 16.6 Å². The van der Waals surface area contributed by atoms with Crippen molar-refractivity contribution in [1.82, 2.24) is 14.8 Å². The third kappa shape index (κ3) is 3.00. The fourth-order valence-corrected chi connectivity index (χ4v) is 5.59. The van der Waals surface area contributed by atoms with E-state index < -0.39 is 0 Å². The summed E-state index contributed by atoms with van der Waals surface area (Å²) in [6.45, 7) is 6.62. The predicted octanol–water partition coefficient (Wildman–Crippen LogP) is 1.72. The Hall–Kier alpha value is -0.980. The van der Waals surface area contributed by atoms with Crippen LogP contribution in [0.3, 0.4) is 0 Å². The Bertz CT molecular complexity index is 594. The van der Waals surface area contributed by atoms with Gasteiger partial charge in [0, 0.05) is 44.1 Å². The van der Waals surface area contributed by atoms with Crippen molar-refractivity contribution in [1.29, 1.82) is 0 Å². The number of piperazine rings is 1. The highest BCUT2D eigenvalue weighted by Gasteiger charge is 2.50. The van der Waals surface area contributed by atoms with Crippen LogP contribution in [0.5, 0.6) is 0 Å². The second-order valence-corrected chi connectivity index (χ2v) is 8.57. The van der Waals surface area contributed by atoms with Crippen LogP contribution in [0, 0.1) is 17.8 Å². The number of hydrogen-bond acceptors (Lipinski definition) is 5. The van der Waals surface area contributed by atoms with Crippen molar-refractivity contribution in [3.63, 3.8) is 0 Å². The smallest absolute Gasteiger partial charge is 0.227 e. The van der Waals surface area contributed by atoms with Crippen LogP contribution in [0.4, 0.5) is 0 Å². The summed E-state index contributed by atoms with van der Waals surface area (Å²) in [6, 6.07) is 0.108. The second-order valence-electron chi connectivity index (χ2n) is 7.62. The second kappa shape index (κ2) is 6.73. The summed E-state index contributed by atoms with van der Waals surface area (Å²) in [5.74, 6) is 1.58. The molecule has 4 unspecified atom stereocenters. The lowest BCUT2D eigenvalue weighted by Crippen LogP contribution is -2.53. The molecule has 3 aliphatic rings. The Morgan fingerprint density at radius 3 is 2.67 bits per heavy atom. The van der Waals surface area contributed by atoms with Crippen molar-refractivity contribution >= 4 is 17.2 Å². The minimum atomic E-state index is 0.0981. The van der Waals surface area contributed by atoms with Gasteiger partial charge in [-0.1, -0.05) is 6.92 Å². The van der Waals surface area contributed by atoms with Crippen molar-refractivity contribution < 1.29 is 4.79 Å². The molecule has 4 atom stereocenters. The van der Waals surface area contributed by atoms with E-state index in [1.54, 1.807) is 11.3 Å². The van der Waals surface area contributed by atoms with Crippen LogP contribution in [0.25, 0.3) is 0 Å². The Morgan fingerprint density at radius 1 is 1.29 bits per heavy atom. The van der Waals surface area contributed by atoms with Crippen molar-refractivity contribution in [2.75, 3.05) is 26.2 Å². The largest absolute Gasteiger partial charge is 0.340 e. The molecule has 0 radical (unpaired) electrons. The lowest BCUT2D eigenvalue weighted by Gasteiger charge is -2.38. The number of amides is 1. The minimum Gasteiger partial charge on any atom is -0.340 e. The molecule has 0 aromatic carbocycles. The highest BCUT2D eigenvalue weighted by Crippen LogP contribution is 2.48. The number of hydrogen-bond donors (Lipinski definition) is 1. The summed E-state index contributed by atoms with van der Waals surface area (Å²) in [5.41, 5.74) is 7.52. The maximum absolute atomic E-state index is 12.9. The molecule has 1 aromatic rings. The predicted molar refractivity (Wildman–Crippen MR) is 95.6 cm³/mol. The average Bonchev–Trinajstić information content (AvgIpc) is 3.31. The molecular weight excluding hydrogens is 320 g/mol. The van der Waals surface area contributed by atoms with Crippen molar-refractivity contribution in [2.24, 2.45) is 23.5 Å². The van der Waals surface area contributed by atoms with E-state index in [9.17, 15) is 4.79 Å². The quantitative estimate of drug-likeness (QED) is 0.900. The summed E-state index contributed by atoms with van der Waals surface area (Å²) in [7, 11) is 0. The molecule has 2 aliphatic carbocycles. The number of aromatic nitrogens is 1. The highest BCUT2D eigenvalue weighted by atomic mass is 32.1. The molecule has 0 spiro atoms. The number of nitrogens with two attached hydrogens (primary N) is 1. The Morgan fingerprint density at radius 2 is 2.04 bits per heavy atom. The molecule has 6 heteroatoms. The fraction of sp³-hybridized carbons (Fsp3) is 0.778. The number of fused-ring (bicyclic) bond motifs is 2. The third-order valence-electron chi connectivity index (χ3n) is 6.24. The van der Waals surface area contributed by atoms with Gasteiger partial charge in [0.1, 0.15) is 0 Å². The van der Waals surface area contributed by atoms with Gasteiger partial charge in [0.2, 0.25) is 5.91 Å². The molecule has 4 rings (SSSR count). The van der Waals surface area contributed by atoms with E-state index in [2.05, 4.69) is 27.1 Å². The van der Waals surface area contributed by atoms with Crippen LogP contribution < -0.4 is 5.73 Å². The van der Waals surface area contributed by atoms with Gasteiger partial charge in [-0.15, -0.1) is 11.3 Å². The molecule has 1 saturated heterocycles. The zero-order valence-corrected chi connectivity index (χ0v) is 15.3.